The van der Waals surface area contributed by atoms with Gasteiger partial charge in [0, 0.05) is 48.8 Å². The van der Waals surface area contributed by atoms with Crippen molar-refractivity contribution < 1.29 is 0 Å². The van der Waals surface area contributed by atoms with Gasteiger partial charge in [0.1, 0.15) is 0 Å². The average Bonchev–Trinajstić information content (AvgIpc) is 3.72. The normalized spacial score (nSPS) is 12.8. The van der Waals surface area contributed by atoms with Gasteiger partial charge in [-0.1, -0.05) is 135 Å². The Morgan fingerprint density at radius 2 is 0.944 bits per heavy atom. The molecule has 0 saturated carbocycles. The summed E-state index contributed by atoms with van der Waals surface area (Å²) in [5.41, 5.74) is 13.3. The van der Waals surface area contributed by atoms with E-state index in [2.05, 4.69) is 218 Å². The predicted molar refractivity (Wildman–Crippen MR) is 232 cm³/mol. The molecular weight excluding hydrogens is 673 g/mol. The monoisotopic (exact) mass is 710 g/mol. The van der Waals surface area contributed by atoms with Crippen molar-refractivity contribution in [1.82, 2.24) is 0 Å². The Morgan fingerprint density at radius 3 is 1.63 bits per heavy atom. The van der Waals surface area contributed by atoms with Gasteiger partial charge in [0.25, 0.3) is 0 Å². The van der Waals surface area contributed by atoms with Gasteiger partial charge in [-0.3, -0.25) is 0 Å². The fourth-order valence-electron chi connectivity index (χ4n) is 8.41. The van der Waals surface area contributed by atoms with E-state index in [0.717, 1.165) is 28.4 Å². The van der Waals surface area contributed by atoms with Crippen LogP contribution in [0, 0.1) is 0 Å². The van der Waals surface area contributed by atoms with Gasteiger partial charge in [-0.25, -0.2) is 0 Å². The third-order valence-corrected chi connectivity index (χ3v) is 12.2. The highest BCUT2D eigenvalue weighted by Gasteiger charge is 2.39. The van der Waals surface area contributed by atoms with Gasteiger partial charge in [-0.2, -0.15) is 0 Å². The van der Waals surface area contributed by atoms with Crippen LogP contribution in [0.4, 0.5) is 34.1 Å². The van der Waals surface area contributed by atoms with Crippen molar-refractivity contribution >= 4 is 66.3 Å². The first-order chi connectivity index (χ1) is 26.5. The van der Waals surface area contributed by atoms with Crippen molar-refractivity contribution in [2.45, 2.75) is 19.3 Å². The van der Waals surface area contributed by atoms with Gasteiger partial charge in [0.15, 0.2) is 0 Å². The zero-order chi connectivity index (χ0) is 36.2. The molecule has 0 atom stereocenters. The summed E-state index contributed by atoms with van der Waals surface area (Å²) in [5.74, 6) is 0. The molecule has 2 nitrogen and oxygen atoms in total. The minimum Gasteiger partial charge on any atom is -0.310 e. The van der Waals surface area contributed by atoms with Crippen molar-refractivity contribution in [3.8, 4) is 21.6 Å². The second-order valence-electron chi connectivity index (χ2n) is 14.6. The number of fused-ring (bicyclic) bond motifs is 6. The molecule has 10 rings (SSSR count). The van der Waals surface area contributed by atoms with E-state index in [-0.39, 0.29) is 5.41 Å². The lowest BCUT2D eigenvalue weighted by molar-refractivity contribution is 0.667. The first-order valence-corrected chi connectivity index (χ1v) is 19.4. The topological polar surface area (TPSA) is 6.48 Å². The van der Waals surface area contributed by atoms with Gasteiger partial charge in [0.2, 0.25) is 0 Å². The molecule has 258 valence electrons. The minimum absolute atomic E-state index is 0.0949. The van der Waals surface area contributed by atoms with Gasteiger partial charge < -0.3 is 9.80 Å². The second-order valence-corrected chi connectivity index (χ2v) is 15.6. The van der Waals surface area contributed by atoms with E-state index in [0.29, 0.717) is 0 Å². The van der Waals surface area contributed by atoms with Crippen LogP contribution >= 0.6 is 11.3 Å². The van der Waals surface area contributed by atoms with Gasteiger partial charge >= 0.3 is 0 Å². The molecule has 1 heterocycles. The highest BCUT2D eigenvalue weighted by Crippen LogP contribution is 2.56. The van der Waals surface area contributed by atoms with E-state index in [1.54, 1.807) is 0 Å². The Kier molecular flexibility index (Phi) is 7.71. The Hall–Kier alpha value is -6.42. The van der Waals surface area contributed by atoms with Crippen molar-refractivity contribution in [3.05, 3.63) is 205 Å². The number of para-hydroxylation sites is 2. The lowest BCUT2D eigenvalue weighted by Crippen LogP contribution is -2.16. The maximum atomic E-state index is 2.42. The summed E-state index contributed by atoms with van der Waals surface area (Å²) in [6.45, 7) is 4.77. The molecule has 1 aliphatic carbocycles. The fraction of sp³-hybridized carbons (Fsp3) is 0.0588. The SMILES string of the molecule is CC1(C)c2cc(N(c3ccccc3)c3ccc(-c4ccc(N(c5ccccc5)c5cccc6ccccc56)cc4)cc3)ccc2-c2sc3ccccc3c21. The molecule has 3 heteroatoms. The molecule has 8 aromatic carbocycles. The maximum Gasteiger partial charge on any atom is 0.0540 e. The van der Waals surface area contributed by atoms with E-state index in [1.807, 2.05) is 11.3 Å². The summed E-state index contributed by atoms with van der Waals surface area (Å²) in [5, 5.41) is 3.83. The van der Waals surface area contributed by atoms with E-state index >= 15 is 0 Å². The molecule has 0 amide bonds. The zero-order valence-corrected chi connectivity index (χ0v) is 31.1. The number of nitrogens with zero attached hydrogens (tertiary/aromatic N) is 2. The Balaban J connectivity index is 1.000. The van der Waals surface area contributed by atoms with Crippen LogP contribution in [0.15, 0.2) is 194 Å². The lowest BCUT2D eigenvalue weighted by Gasteiger charge is -2.28. The van der Waals surface area contributed by atoms with E-state index in [9.17, 15) is 0 Å². The number of hydrogen-bond donors (Lipinski definition) is 0. The summed E-state index contributed by atoms with van der Waals surface area (Å²) in [4.78, 5) is 6.15. The van der Waals surface area contributed by atoms with Crippen molar-refractivity contribution in [1.29, 1.82) is 0 Å². The van der Waals surface area contributed by atoms with Crippen LogP contribution in [0.3, 0.4) is 0 Å². The highest BCUT2D eigenvalue weighted by atomic mass is 32.1. The Morgan fingerprint density at radius 1 is 0.426 bits per heavy atom. The molecule has 54 heavy (non-hydrogen) atoms. The first kappa shape index (κ1) is 32.2. The minimum atomic E-state index is -0.0949. The molecule has 9 aromatic rings. The molecule has 0 saturated heterocycles. The Bertz CT molecular complexity index is 2780. The fourth-order valence-corrected chi connectivity index (χ4v) is 9.82. The van der Waals surface area contributed by atoms with E-state index < -0.39 is 0 Å². The molecule has 0 bridgehead atoms. The summed E-state index contributed by atoms with van der Waals surface area (Å²) in [7, 11) is 0. The molecule has 0 aliphatic heterocycles. The summed E-state index contributed by atoms with van der Waals surface area (Å²) in [6.07, 6.45) is 0. The maximum absolute atomic E-state index is 2.42. The van der Waals surface area contributed by atoms with Crippen molar-refractivity contribution in [2.75, 3.05) is 9.80 Å². The van der Waals surface area contributed by atoms with Crippen LogP contribution in [0.25, 0.3) is 42.4 Å². The highest BCUT2D eigenvalue weighted by molar-refractivity contribution is 7.22. The number of rotatable bonds is 7. The number of benzene rings is 8. The third-order valence-electron chi connectivity index (χ3n) is 11.0. The smallest absolute Gasteiger partial charge is 0.0540 e. The van der Waals surface area contributed by atoms with Crippen molar-refractivity contribution in [2.24, 2.45) is 0 Å². The first-order valence-electron chi connectivity index (χ1n) is 18.6. The molecule has 1 aliphatic rings. The van der Waals surface area contributed by atoms with Gasteiger partial charge in [0.05, 0.1) is 5.69 Å². The van der Waals surface area contributed by atoms with Crippen LogP contribution in [-0.4, -0.2) is 0 Å². The summed E-state index contributed by atoms with van der Waals surface area (Å²) < 4.78 is 1.37. The Labute approximate surface area is 320 Å². The predicted octanol–water partition coefficient (Wildman–Crippen LogP) is 15.0. The number of thiophene rings is 1. The lowest BCUT2D eigenvalue weighted by atomic mass is 9.81. The van der Waals surface area contributed by atoms with Gasteiger partial charge in [-0.15, -0.1) is 11.3 Å². The molecule has 0 fully saturated rings. The molecule has 0 unspecified atom stereocenters. The van der Waals surface area contributed by atoms with Crippen LogP contribution in [0.1, 0.15) is 25.0 Å². The van der Waals surface area contributed by atoms with Crippen molar-refractivity contribution in [3.63, 3.8) is 0 Å². The quantitative estimate of drug-likeness (QED) is 0.162. The average molecular weight is 711 g/mol. The summed E-state index contributed by atoms with van der Waals surface area (Å²) in [6, 6.07) is 70.4. The zero-order valence-electron chi connectivity index (χ0n) is 30.3. The van der Waals surface area contributed by atoms with Crippen LogP contribution in [0.2, 0.25) is 0 Å². The summed E-state index contributed by atoms with van der Waals surface area (Å²) >= 11 is 1.92. The van der Waals surface area contributed by atoms with Crippen LogP contribution < -0.4 is 9.80 Å². The number of hydrogen-bond acceptors (Lipinski definition) is 3. The number of anilines is 6. The molecule has 1 aromatic heterocycles. The van der Waals surface area contributed by atoms with Crippen LogP contribution in [-0.2, 0) is 5.41 Å². The standard InChI is InChI=1S/C51H38N2S/c1-51(2)46-34-42(32-33-44(46)50-49(51)45-21-11-12-23-48(45)54-50)52(38-16-5-3-6-17-38)40-28-24-35(25-29-40)36-26-30-41(31-27-36)53(39-18-7-4-8-19-39)47-22-13-15-37-14-9-10-20-43(37)47/h3-34H,1-2H3. The van der Waals surface area contributed by atoms with E-state index in [1.165, 1.54) is 59.2 Å². The molecular formula is C51H38N2S. The van der Waals surface area contributed by atoms with Gasteiger partial charge in [-0.05, 0) is 111 Å². The van der Waals surface area contributed by atoms with E-state index in [4.69, 9.17) is 0 Å². The van der Waals surface area contributed by atoms with Crippen LogP contribution in [0.5, 0.6) is 0 Å². The molecule has 0 radical (unpaired) electrons. The molecule has 0 N–H and O–H groups in total. The molecule has 0 spiro atoms. The largest absolute Gasteiger partial charge is 0.310 e. The third kappa shape index (κ3) is 5.31. The second kappa shape index (κ2) is 12.9.